The van der Waals surface area contributed by atoms with Crippen molar-refractivity contribution >= 4 is 5.97 Å². The van der Waals surface area contributed by atoms with E-state index in [1.807, 2.05) is 91.0 Å². The number of hydrogen-bond acceptors (Lipinski definition) is 3. The van der Waals surface area contributed by atoms with Crippen molar-refractivity contribution in [3.63, 3.8) is 0 Å². The van der Waals surface area contributed by atoms with Gasteiger partial charge in [-0.1, -0.05) is 91.0 Å². The second-order valence-electron chi connectivity index (χ2n) is 6.45. The minimum atomic E-state index is -1.02. The first-order valence-corrected chi connectivity index (χ1v) is 8.93. The van der Waals surface area contributed by atoms with Crippen LogP contribution in [0, 0.1) is 5.92 Å². The maximum absolute atomic E-state index is 11.5. The first-order valence-electron chi connectivity index (χ1n) is 8.93. The first kappa shape index (κ1) is 18.8. The lowest BCUT2D eigenvalue weighted by atomic mass is 9.76. The monoisotopic (exact) mass is 361 g/mol. The molecule has 1 unspecified atom stereocenters. The lowest BCUT2D eigenvalue weighted by molar-refractivity contribution is -0.142. The summed E-state index contributed by atoms with van der Waals surface area (Å²) in [5, 5.41) is 22.3. The largest absolute Gasteiger partial charge is 0.481 e. The van der Waals surface area contributed by atoms with Crippen LogP contribution in [0.15, 0.2) is 91.0 Å². The van der Waals surface area contributed by atoms with E-state index in [9.17, 15) is 15.0 Å². The van der Waals surface area contributed by atoms with Gasteiger partial charge in [-0.2, -0.15) is 0 Å². The second-order valence-corrected chi connectivity index (χ2v) is 6.45. The summed E-state index contributed by atoms with van der Waals surface area (Å²) in [5.41, 5.74) is 2.28. The number of carbonyl (C=O) groups is 1. The Labute approximate surface area is 159 Å². The van der Waals surface area contributed by atoms with E-state index in [1.54, 1.807) is 0 Å². The van der Waals surface area contributed by atoms with Crippen molar-refractivity contribution in [2.45, 2.75) is 5.54 Å². The van der Waals surface area contributed by atoms with Gasteiger partial charge in [0.1, 0.15) is 0 Å². The van der Waals surface area contributed by atoms with Crippen LogP contribution in [0.4, 0.5) is 0 Å². The number of benzene rings is 3. The van der Waals surface area contributed by atoms with Gasteiger partial charge in [0, 0.05) is 6.54 Å². The van der Waals surface area contributed by atoms with Gasteiger partial charge in [-0.05, 0) is 16.7 Å². The molecule has 0 bridgehead atoms. The summed E-state index contributed by atoms with van der Waals surface area (Å²) in [4.78, 5) is 11.5. The number of rotatable bonds is 8. The fourth-order valence-electron chi connectivity index (χ4n) is 3.38. The van der Waals surface area contributed by atoms with Crippen LogP contribution in [0.25, 0.3) is 0 Å². The molecule has 0 aliphatic rings. The molecule has 0 radical (unpaired) electrons. The Balaban J connectivity index is 2.18. The molecule has 27 heavy (non-hydrogen) atoms. The summed E-state index contributed by atoms with van der Waals surface area (Å²) >= 11 is 0. The van der Waals surface area contributed by atoms with Gasteiger partial charge in [0.15, 0.2) is 0 Å². The molecule has 4 heteroatoms. The van der Waals surface area contributed by atoms with E-state index in [-0.39, 0.29) is 6.54 Å². The Hall–Kier alpha value is -2.95. The highest BCUT2D eigenvalue weighted by atomic mass is 16.4. The zero-order valence-corrected chi connectivity index (χ0v) is 15.0. The zero-order valence-electron chi connectivity index (χ0n) is 15.0. The number of aliphatic hydroxyl groups is 1. The van der Waals surface area contributed by atoms with Gasteiger partial charge >= 0.3 is 5.97 Å². The third-order valence-electron chi connectivity index (χ3n) is 4.80. The smallest absolute Gasteiger partial charge is 0.310 e. The number of hydrogen-bond donors (Lipinski definition) is 3. The highest BCUT2D eigenvalue weighted by Crippen LogP contribution is 2.36. The highest BCUT2D eigenvalue weighted by molar-refractivity contribution is 5.70. The second kappa shape index (κ2) is 8.62. The fraction of sp³-hybridized carbons (Fsp3) is 0.174. The zero-order chi connectivity index (χ0) is 19.1. The molecule has 0 aliphatic carbocycles. The molecule has 0 aromatic heterocycles. The lowest BCUT2D eigenvalue weighted by Crippen LogP contribution is -2.48. The standard InChI is InChI=1S/C23H23NO3/c25-17-18(22(26)27)16-24-23(19-10-4-1-5-11-19,20-12-6-2-7-13-20)21-14-8-3-9-15-21/h1-15,18,24-25H,16-17H2,(H,26,27). The predicted molar refractivity (Wildman–Crippen MR) is 105 cm³/mol. The average Bonchev–Trinajstić information content (AvgIpc) is 2.73. The topological polar surface area (TPSA) is 69.6 Å². The summed E-state index contributed by atoms with van der Waals surface area (Å²) in [6.45, 7) is -0.290. The van der Waals surface area contributed by atoms with Crippen LogP contribution in [0.2, 0.25) is 0 Å². The third-order valence-corrected chi connectivity index (χ3v) is 4.80. The third kappa shape index (κ3) is 3.92. The van der Waals surface area contributed by atoms with Gasteiger partial charge in [-0.3, -0.25) is 10.1 Å². The highest BCUT2D eigenvalue weighted by Gasteiger charge is 2.36. The average molecular weight is 361 g/mol. The van der Waals surface area contributed by atoms with Crippen LogP contribution in [-0.4, -0.2) is 29.3 Å². The Morgan fingerprint density at radius 1 is 0.778 bits per heavy atom. The molecular formula is C23H23NO3. The van der Waals surface area contributed by atoms with E-state index in [2.05, 4.69) is 5.32 Å². The maximum Gasteiger partial charge on any atom is 0.310 e. The van der Waals surface area contributed by atoms with E-state index < -0.39 is 24.0 Å². The summed E-state index contributed by atoms with van der Waals surface area (Å²) in [6.07, 6.45) is 0. The summed E-state index contributed by atoms with van der Waals surface area (Å²) in [5.74, 6) is -1.91. The number of carboxylic acid groups (broad SMARTS) is 1. The molecule has 0 amide bonds. The van der Waals surface area contributed by atoms with Gasteiger partial charge in [0.05, 0.1) is 18.1 Å². The van der Waals surface area contributed by atoms with Crippen molar-refractivity contribution < 1.29 is 15.0 Å². The van der Waals surface area contributed by atoms with Crippen molar-refractivity contribution in [2.75, 3.05) is 13.2 Å². The molecule has 0 spiro atoms. The minimum absolute atomic E-state index is 0.129. The van der Waals surface area contributed by atoms with Gasteiger partial charge in [0.25, 0.3) is 0 Å². The normalized spacial score (nSPS) is 12.5. The van der Waals surface area contributed by atoms with E-state index in [0.29, 0.717) is 0 Å². The van der Waals surface area contributed by atoms with E-state index in [1.165, 1.54) is 0 Å². The molecule has 3 aromatic rings. The Morgan fingerprint density at radius 2 is 1.15 bits per heavy atom. The van der Waals surface area contributed by atoms with Crippen LogP contribution in [-0.2, 0) is 10.3 Å². The quantitative estimate of drug-likeness (QED) is 0.539. The SMILES string of the molecule is O=C(O)C(CO)CNC(c1ccccc1)(c1ccccc1)c1ccccc1. The van der Waals surface area contributed by atoms with Crippen LogP contribution >= 0.6 is 0 Å². The molecule has 1 atom stereocenters. The van der Waals surface area contributed by atoms with Crippen LogP contribution in [0.5, 0.6) is 0 Å². The van der Waals surface area contributed by atoms with Crippen molar-refractivity contribution in [3.05, 3.63) is 108 Å². The summed E-state index contributed by atoms with van der Waals surface area (Å²) in [7, 11) is 0. The number of carboxylic acids is 1. The molecule has 0 fully saturated rings. The molecule has 138 valence electrons. The van der Waals surface area contributed by atoms with E-state index in [4.69, 9.17) is 0 Å². The molecule has 3 aromatic carbocycles. The van der Waals surface area contributed by atoms with Crippen LogP contribution in [0.1, 0.15) is 16.7 Å². The lowest BCUT2D eigenvalue weighted by Gasteiger charge is -2.37. The molecule has 4 nitrogen and oxygen atoms in total. The number of nitrogens with one attached hydrogen (secondary N) is 1. The van der Waals surface area contributed by atoms with Crippen molar-refractivity contribution in [1.82, 2.24) is 5.32 Å². The van der Waals surface area contributed by atoms with Gasteiger partial charge < -0.3 is 10.2 Å². The molecular weight excluding hydrogens is 338 g/mol. The molecule has 3 rings (SSSR count). The Bertz CT molecular complexity index is 754. The number of aliphatic hydroxyl groups excluding tert-OH is 1. The maximum atomic E-state index is 11.5. The van der Waals surface area contributed by atoms with Crippen LogP contribution < -0.4 is 5.32 Å². The Kier molecular flexibility index (Phi) is 6.01. The van der Waals surface area contributed by atoms with Crippen LogP contribution in [0.3, 0.4) is 0 Å². The number of aliphatic carboxylic acids is 1. The van der Waals surface area contributed by atoms with Gasteiger partial charge in [0.2, 0.25) is 0 Å². The Morgan fingerprint density at radius 3 is 1.44 bits per heavy atom. The van der Waals surface area contributed by atoms with Crippen molar-refractivity contribution in [2.24, 2.45) is 5.92 Å². The summed E-state index contributed by atoms with van der Waals surface area (Å²) < 4.78 is 0. The molecule has 0 saturated heterocycles. The van der Waals surface area contributed by atoms with Crippen molar-refractivity contribution in [3.8, 4) is 0 Å². The molecule has 3 N–H and O–H groups in total. The van der Waals surface area contributed by atoms with Gasteiger partial charge in [-0.15, -0.1) is 0 Å². The van der Waals surface area contributed by atoms with E-state index >= 15 is 0 Å². The molecule has 0 aliphatic heterocycles. The summed E-state index contributed by atoms with van der Waals surface area (Å²) in [6, 6.07) is 29.9. The molecule has 0 saturated carbocycles. The fourth-order valence-corrected chi connectivity index (χ4v) is 3.38. The minimum Gasteiger partial charge on any atom is -0.481 e. The first-order chi connectivity index (χ1) is 13.2. The predicted octanol–water partition coefficient (Wildman–Crippen LogP) is 3.26. The van der Waals surface area contributed by atoms with Crippen molar-refractivity contribution in [1.29, 1.82) is 0 Å². The van der Waals surface area contributed by atoms with Gasteiger partial charge in [-0.25, -0.2) is 0 Å². The molecule has 0 heterocycles. The van der Waals surface area contributed by atoms with E-state index in [0.717, 1.165) is 16.7 Å².